The fourth-order valence-corrected chi connectivity index (χ4v) is 10.9. The molecule has 302 valence electrons. The van der Waals surface area contributed by atoms with Gasteiger partial charge in [-0.05, 0) is 27.6 Å². The molecule has 0 fully saturated rings. The van der Waals surface area contributed by atoms with Gasteiger partial charge in [0.25, 0.3) is 0 Å². The SMILES string of the molecule is [B]c1c([B])c([B])c(-c2c([B])c([B])c(N(c3c([B])c([B])c4c(oc5c(-c6c([B])c([B])c([B])c([B])c6[B])c6c(oc7c([B])c([B])c([B])c([B])c76)c([B])c54)c3[B])c3c([B])c([B])c([B])c4c3oc3c([B])c([B])c([B])c([B])c34)c([B])c2[B])c([B])c1[B]. The molecule has 0 amide bonds. The molecule has 0 unspecified atom stereocenters. The Morgan fingerprint density at radius 3 is 0.802 bits per heavy atom. The normalized spacial score (nSPS) is 11.9. The zero-order valence-electron chi connectivity index (χ0n) is 42.4. The van der Waals surface area contributed by atoms with E-state index in [9.17, 15) is 0 Å². The van der Waals surface area contributed by atoms with Crippen molar-refractivity contribution in [1.29, 1.82) is 0 Å². The predicted molar refractivity (Wildman–Crippen MR) is 370 cm³/mol. The molecule has 0 aliphatic carbocycles. The first kappa shape index (κ1) is 57.7. The van der Waals surface area contributed by atoms with Gasteiger partial charge in [-0.25, -0.2) is 0 Å². The van der Waals surface area contributed by atoms with Gasteiger partial charge in [-0.2, -0.15) is 0 Å². The van der Waals surface area contributed by atoms with Crippen LogP contribution in [-0.2, 0) is 0 Å². The van der Waals surface area contributed by atoms with Gasteiger partial charge in [-0.15, -0.1) is 60.1 Å². The minimum atomic E-state index is -0.391. The van der Waals surface area contributed by atoms with Crippen LogP contribution in [-0.4, -0.2) is 228 Å². The number of furan rings is 3. The zero-order chi connectivity index (χ0) is 59.4. The molecule has 8 aromatic carbocycles. The van der Waals surface area contributed by atoms with Gasteiger partial charge in [-0.1, -0.05) is 87.4 Å². The summed E-state index contributed by atoms with van der Waals surface area (Å²) in [6.07, 6.45) is 0. The summed E-state index contributed by atoms with van der Waals surface area (Å²) in [6.45, 7) is 0. The minimum absolute atomic E-state index is 0.00227. The Labute approximate surface area is 505 Å². The van der Waals surface area contributed by atoms with Crippen LogP contribution < -0.4 is 163 Å². The molecule has 0 saturated carbocycles. The number of rotatable bonds is 5. The Balaban J connectivity index is 1.37. The standard InChI is InChI=1S/C48B29NO3/c49-11-3(12(50)23(61)29(67)22(11)60)1-2-6-17(55)26(64)31(69)37(75)45(6)80-44(2)21(59)10-8-20(58)35(73)41(39(77)47(8)79-43(1)10)78(40-33(71)15(53)5(16(54)34(40)72)4-13(51)24(62)30(68)25(63)14(4)52)42-36(74)28(66)19(57)9-7-18(56)27(65)32(70)38(76)46(7)81-48(9)42. The minimum Gasteiger partial charge on any atom is -0.457 e. The van der Waals surface area contributed by atoms with E-state index in [0.29, 0.717) is 0 Å². The Morgan fingerprint density at radius 1 is 0.148 bits per heavy atom. The summed E-state index contributed by atoms with van der Waals surface area (Å²) in [4.78, 5) is 1.19. The summed E-state index contributed by atoms with van der Waals surface area (Å²) >= 11 is 0. The van der Waals surface area contributed by atoms with Crippen LogP contribution in [0.2, 0.25) is 0 Å². The van der Waals surface area contributed by atoms with Crippen molar-refractivity contribution in [3.63, 3.8) is 0 Å². The van der Waals surface area contributed by atoms with Crippen molar-refractivity contribution in [3.8, 4) is 22.3 Å². The first-order valence-corrected chi connectivity index (χ1v) is 23.5. The largest absolute Gasteiger partial charge is 0.457 e. The highest BCUT2D eigenvalue weighted by molar-refractivity contribution is 6.76. The topological polar surface area (TPSA) is 42.7 Å². The van der Waals surface area contributed by atoms with Crippen LogP contribution in [0.25, 0.3) is 88.1 Å². The first-order valence-electron chi connectivity index (χ1n) is 23.5. The van der Waals surface area contributed by atoms with E-state index in [1.165, 1.54) is 4.90 Å². The molecule has 0 N–H and O–H groups in total. The summed E-state index contributed by atoms with van der Waals surface area (Å²) in [5, 5.41) is 0.181. The van der Waals surface area contributed by atoms with Gasteiger partial charge < -0.3 is 18.2 Å². The zero-order valence-corrected chi connectivity index (χ0v) is 42.4. The smallest absolute Gasteiger partial charge is 0.158 e. The molecule has 81 heavy (non-hydrogen) atoms. The van der Waals surface area contributed by atoms with E-state index in [0.717, 1.165) is 0 Å². The van der Waals surface area contributed by atoms with Crippen molar-refractivity contribution < 1.29 is 13.3 Å². The summed E-state index contributed by atoms with van der Waals surface area (Å²) in [7, 11) is 195. The lowest BCUT2D eigenvalue weighted by molar-refractivity contribution is 0.669. The van der Waals surface area contributed by atoms with Crippen molar-refractivity contribution in [2.75, 3.05) is 4.90 Å². The van der Waals surface area contributed by atoms with Crippen molar-refractivity contribution in [2.45, 2.75) is 0 Å². The molecule has 0 saturated heterocycles. The number of hydrogen-bond acceptors (Lipinski definition) is 4. The van der Waals surface area contributed by atoms with Crippen LogP contribution >= 0.6 is 0 Å². The Hall–Kier alpha value is -5.16. The quantitative estimate of drug-likeness (QED) is 0.161. The van der Waals surface area contributed by atoms with E-state index in [1.54, 1.807) is 0 Å². The van der Waals surface area contributed by atoms with Gasteiger partial charge >= 0.3 is 0 Å². The Bertz CT molecular complexity index is 4740. The van der Waals surface area contributed by atoms with E-state index < -0.39 is 10.9 Å². The summed E-state index contributed by atoms with van der Waals surface area (Å²) in [5.41, 5.74) is -8.09. The maximum atomic E-state index is 7.45. The maximum Gasteiger partial charge on any atom is 0.158 e. The summed E-state index contributed by atoms with van der Waals surface area (Å²) < 4.78 is 20.0. The molecule has 0 spiro atoms. The van der Waals surface area contributed by atoms with Crippen LogP contribution in [0.15, 0.2) is 13.3 Å². The predicted octanol–water partition coefficient (Wildman–Crippen LogP) is -20.8. The Kier molecular flexibility index (Phi) is 13.8. The number of hydrogen-bond donors (Lipinski definition) is 0. The molecule has 4 nitrogen and oxygen atoms in total. The summed E-state index contributed by atoms with van der Waals surface area (Å²) in [6, 6.07) is 0. The number of anilines is 3. The lowest BCUT2D eigenvalue weighted by Gasteiger charge is -2.37. The van der Waals surface area contributed by atoms with Crippen molar-refractivity contribution >= 4 is 469 Å². The van der Waals surface area contributed by atoms with Crippen molar-refractivity contribution in [1.82, 2.24) is 0 Å². The maximum absolute atomic E-state index is 7.45. The van der Waals surface area contributed by atoms with Gasteiger partial charge in [0.05, 0.1) is 5.69 Å². The van der Waals surface area contributed by atoms with Gasteiger partial charge in [0, 0.05) is 49.3 Å². The van der Waals surface area contributed by atoms with E-state index >= 15 is 0 Å². The molecule has 33 heteroatoms. The molecule has 0 aliphatic rings. The third-order valence-electron chi connectivity index (χ3n) is 15.3. The fourth-order valence-electron chi connectivity index (χ4n) is 10.9. The van der Waals surface area contributed by atoms with Crippen LogP contribution in [0.1, 0.15) is 0 Å². The van der Waals surface area contributed by atoms with Crippen LogP contribution in [0.4, 0.5) is 17.1 Å². The average Bonchev–Trinajstić information content (AvgIpc) is 4.38. The van der Waals surface area contributed by atoms with Crippen LogP contribution in [0.5, 0.6) is 0 Å². The molecule has 3 aromatic heterocycles. The second-order valence-electron chi connectivity index (χ2n) is 19.4. The lowest BCUT2D eigenvalue weighted by atomic mass is 9.56. The molecular weight excluding hydrogens is 952 g/mol. The van der Waals surface area contributed by atoms with E-state index in [-0.39, 0.29) is 253 Å². The van der Waals surface area contributed by atoms with E-state index in [1.807, 2.05) is 0 Å². The fraction of sp³-hybridized carbons (Fsp3) is 0. The highest BCUT2D eigenvalue weighted by Gasteiger charge is 2.35. The second kappa shape index (κ2) is 19.5. The molecule has 3 heterocycles. The third-order valence-corrected chi connectivity index (χ3v) is 15.3. The summed E-state index contributed by atoms with van der Waals surface area (Å²) in [5.74, 6) is 0. The molecular formula is C48B29NO3. The van der Waals surface area contributed by atoms with Gasteiger partial charge in [0.2, 0.25) is 0 Å². The molecule has 0 aliphatic heterocycles. The second-order valence-corrected chi connectivity index (χ2v) is 19.4. The molecule has 0 bridgehead atoms. The highest BCUT2D eigenvalue weighted by atomic mass is 16.3. The third kappa shape index (κ3) is 7.45. The Morgan fingerprint density at radius 2 is 0.370 bits per heavy atom. The van der Waals surface area contributed by atoms with Crippen molar-refractivity contribution in [3.05, 3.63) is 0 Å². The van der Waals surface area contributed by atoms with Gasteiger partial charge in [0.1, 0.15) is 255 Å². The molecule has 11 aromatic rings. The van der Waals surface area contributed by atoms with Crippen LogP contribution in [0.3, 0.4) is 0 Å². The van der Waals surface area contributed by atoms with Crippen LogP contribution in [0, 0.1) is 0 Å². The molecule has 11 rings (SSSR count). The first-order chi connectivity index (χ1) is 37.9. The van der Waals surface area contributed by atoms with E-state index in [4.69, 9.17) is 241 Å². The number of nitrogens with zero attached hydrogens (tertiary/aromatic N) is 1. The van der Waals surface area contributed by atoms with Gasteiger partial charge in [-0.3, -0.25) is 0 Å². The van der Waals surface area contributed by atoms with Gasteiger partial charge in [0.15, 0.2) is 5.58 Å². The lowest BCUT2D eigenvalue weighted by Crippen LogP contribution is -2.57. The van der Waals surface area contributed by atoms with E-state index in [2.05, 4.69) is 0 Å². The van der Waals surface area contributed by atoms with Crippen molar-refractivity contribution in [2.24, 2.45) is 0 Å². The number of fused-ring (bicyclic) bond motifs is 9. The average molecular weight is 952 g/mol. The molecule has 58 radical (unpaired) electrons. The molecule has 0 atom stereocenters. The monoisotopic (exact) mass is 957 g/mol. The number of benzene rings is 8. The highest BCUT2D eigenvalue weighted by Crippen LogP contribution is 2.43.